The molecule has 3 aliphatic heterocycles. The van der Waals surface area contributed by atoms with Crippen molar-refractivity contribution in [3.8, 4) is 0 Å². The number of aromatic nitrogens is 3. The van der Waals surface area contributed by atoms with E-state index in [-0.39, 0.29) is 24.0 Å². The molecule has 3 fully saturated rings. The maximum atomic E-state index is 4.64. The molecule has 3 aliphatic rings. The number of nitrogens with one attached hydrogen (secondary N) is 2. The van der Waals surface area contributed by atoms with Crippen molar-refractivity contribution in [2.45, 2.75) is 26.4 Å². The SMILES string of the molecule is CCNC(=NCc1nnc(C)n1C)NCC1CN2CCN1CC2.I. The van der Waals surface area contributed by atoms with Crippen LogP contribution in [-0.2, 0) is 13.6 Å². The molecule has 1 aromatic heterocycles. The van der Waals surface area contributed by atoms with Gasteiger partial charge >= 0.3 is 0 Å². The molecule has 0 amide bonds. The summed E-state index contributed by atoms with van der Waals surface area (Å²) in [5.74, 6) is 2.64. The highest BCUT2D eigenvalue weighted by Crippen LogP contribution is 2.14. The van der Waals surface area contributed by atoms with Gasteiger partial charge in [-0.3, -0.25) is 9.80 Å². The molecule has 9 heteroatoms. The summed E-state index contributed by atoms with van der Waals surface area (Å²) in [7, 11) is 1.97. The van der Waals surface area contributed by atoms with E-state index in [4.69, 9.17) is 0 Å². The molecule has 136 valence electrons. The minimum absolute atomic E-state index is 0. The number of guanidine groups is 1. The van der Waals surface area contributed by atoms with Gasteiger partial charge in [-0.1, -0.05) is 0 Å². The summed E-state index contributed by atoms with van der Waals surface area (Å²) < 4.78 is 1.98. The number of hydrogen-bond acceptors (Lipinski definition) is 5. The van der Waals surface area contributed by atoms with Gasteiger partial charge in [0.1, 0.15) is 12.4 Å². The zero-order valence-electron chi connectivity index (χ0n) is 14.8. The molecule has 1 unspecified atom stereocenters. The molecule has 0 saturated carbocycles. The fourth-order valence-corrected chi connectivity index (χ4v) is 3.21. The van der Waals surface area contributed by atoms with Crippen LogP contribution in [0.25, 0.3) is 0 Å². The van der Waals surface area contributed by atoms with Gasteiger partial charge in [0.2, 0.25) is 0 Å². The molecule has 0 radical (unpaired) electrons. The van der Waals surface area contributed by atoms with E-state index in [0.29, 0.717) is 12.6 Å². The third kappa shape index (κ3) is 4.57. The molecule has 2 bridgehead atoms. The van der Waals surface area contributed by atoms with Gasteiger partial charge in [-0.2, -0.15) is 0 Å². The molecule has 0 aliphatic carbocycles. The predicted molar refractivity (Wildman–Crippen MR) is 106 cm³/mol. The number of aryl methyl sites for hydroxylation is 1. The van der Waals surface area contributed by atoms with Crippen LogP contribution in [0.15, 0.2) is 4.99 Å². The van der Waals surface area contributed by atoms with Crippen molar-refractivity contribution >= 4 is 29.9 Å². The van der Waals surface area contributed by atoms with Crippen molar-refractivity contribution in [1.82, 2.24) is 35.2 Å². The quantitative estimate of drug-likeness (QED) is 0.369. The van der Waals surface area contributed by atoms with Gasteiger partial charge in [0, 0.05) is 58.9 Å². The van der Waals surface area contributed by atoms with Crippen LogP contribution in [0.3, 0.4) is 0 Å². The average Bonchev–Trinajstić information content (AvgIpc) is 2.90. The van der Waals surface area contributed by atoms with Gasteiger partial charge in [-0.15, -0.1) is 34.2 Å². The Hall–Kier alpha value is -0.940. The molecule has 24 heavy (non-hydrogen) atoms. The predicted octanol–water partition coefficient (Wildman–Crippen LogP) is -0.204. The lowest BCUT2D eigenvalue weighted by molar-refractivity contribution is 0.0154. The van der Waals surface area contributed by atoms with E-state index in [0.717, 1.165) is 37.2 Å². The van der Waals surface area contributed by atoms with E-state index in [1.165, 1.54) is 26.2 Å². The van der Waals surface area contributed by atoms with Crippen molar-refractivity contribution in [2.24, 2.45) is 12.0 Å². The molecule has 0 spiro atoms. The number of aliphatic imine (C=N–C) groups is 1. The van der Waals surface area contributed by atoms with Gasteiger partial charge in [-0.25, -0.2) is 4.99 Å². The molecule has 4 rings (SSSR count). The first-order valence-electron chi connectivity index (χ1n) is 8.51. The second kappa shape index (κ2) is 8.95. The highest BCUT2D eigenvalue weighted by Gasteiger charge is 2.31. The van der Waals surface area contributed by atoms with Crippen molar-refractivity contribution in [1.29, 1.82) is 0 Å². The molecular formula is C15H29IN8. The molecule has 4 heterocycles. The van der Waals surface area contributed by atoms with E-state index in [1.807, 2.05) is 18.5 Å². The minimum atomic E-state index is 0. The Morgan fingerprint density at radius 1 is 1.21 bits per heavy atom. The summed E-state index contributed by atoms with van der Waals surface area (Å²) in [6.07, 6.45) is 0. The zero-order chi connectivity index (χ0) is 16.2. The Labute approximate surface area is 161 Å². The van der Waals surface area contributed by atoms with Crippen LogP contribution in [0.1, 0.15) is 18.6 Å². The summed E-state index contributed by atoms with van der Waals surface area (Å²) in [6.45, 7) is 12.3. The van der Waals surface area contributed by atoms with E-state index < -0.39 is 0 Å². The maximum absolute atomic E-state index is 4.64. The van der Waals surface area contributed by atoms with Crippen molar-refractivity contribution in [2.75, 3.05) is 45.8 Å². The van der Waals surface area contributed by atoms with Crippen LogP contribution >= 0.6 is 24.0 Å². The fourth-order valence-electron chi connectivity index (χ4n) is 3.21. The zero-order valence-corrected chi connectivity index (χ0v) is 17.2. The van der Waals surface area contributed by atoms with E-state index >= 15 is 0 Å². The number of hydrogen-bond donors (Lipinski definition) is 2. The highest BCUT2D eigenvalue weighted by molar-refractivity contribution is 14.0. The van der Waals surface area contributed by atoms with Gasteiger partial charge in [0.05, 0.1) is 0 Å². The molecule has 1 aromatic rings. The summed E-state index contributed by atoms with van der Waals surface area (Å²) in [6, 6.07) is 0.582. The molecule has 2 N–H and O–H groups in total. The Balaban J connectivity index is 0.00000208. The van der Waals surface area contributed by atoms with Gasteiger partial charge in [0.25, 0.3) is 0 Å². The van der Waals surface area contributed by atoms with Gasteiger partial charge in [0.15, 0.2) is 11.8 Å². The molecule has 8 nitrogen and oxygen atoms in total. The molecule has 3 saturated heterocycles. The largest absolute Gasteiger partial charge is 0.357 e. The molecule has 0 aromatic carbocycles. The van der Waals surface area contributed by atoms with E-state index in [1.54, 1.807) is 0 Å². The highest BCUT2D eigenvalue weighted by atomic mass is 127. The first-order chi connectivity index (χ1) is 11.2. The third-order valence-electron chi connectivity index (χ3n) is 4.80. The Kier molecular flexibility index (Phi) is 7.23. The summed E-state index contributed by atoms with van der Waals surface area (Å²) in [5, 5.41) is 15.0. The second-order valence-corrected chi connectivity index (χ2v) is 6.29. The van der Waals surface area contributed by atoms with Crippen molar-refractivity contribution < 1.29 is 0 Å². The molecule has 1 atom stereocenters. The van der Waals surface area contributed by atoms with Crippen LogP contribution in [0, 0.1) is 6.92 Å². The normalized spacial score (nSPS) is 26.1. The lowest BCUT2D eigenvalue weighted by atomic mass is 10.1. The average molecular weight is 448 g/mol. The van der Waals surface area contributed by atoms with Crippen LogP contribution in [0.4, 0.5) is 0 Å². The smallest absolute Gasteiger partial charge is 0.191 e. The number of nitrogens with zero attached hydrogens (tertiary/aromatic N) is 6. The number of fused-ring (bicyclic) bond motifs is 3. The van der Waals surface area contributed by atoms with Crippen LogP contribution < -0.4 is 10.6 Å². The summed E-state index contributed by atoms with van der Waals surface area (Å²) in [5.41, 5.74) is 0. The third-order valence-corrected chi connectivity index (χ3v) is 4.80. The van der Waals surface area contributed by atoms with Crippen molar-refractivity contribution in [3.63, 3.8) is 0 Å². The van der Waals surface area contributed by atoms with E-state index in [2.05, 4.69) is 42.5 Å². The van der Waals surface area contributed by atoms with Crippen molar-refractivity contribution in [3.05, 3.63) is 11.6 Å². The summed E-state index contributed by atoms with van der Waals surface area (Å²) in [4.78, 5) is 9.78. The standard InChI is InChI=1S/C15H28N8.HI/c1-4-16-15(18-10-14-20-19-12(2)21(14)3)17-9-13-11-22-5-7-23(13)8-6-22;/h13H,4-11H2,1-3H3,(H2,16,17,18);1H. The second-order valence-electron chi connectivity index (χ2n) is 6.29. The van der Waals surface area contributed by atoms with Gasteiger partial charge in [-0.05, 0) is 13.8 Å². The van der Waals surface area contributed by atoms with Crippen LogP contribution in [0.2, 0.25) is 0 Å². The molecular weight excluding hydrogens is 419 g/mol. The van der Waals surface area contributed by atoms with Gasteiger partial charge < -0.3 is 15.2 Å². The van der Waals surface area contributed by atoms with E-state index in [9.17, 15) is 0 Å². The fraction of sp³-hybridized carbons (Fsp3) is 0.800. The maximum Gasteiger partial charge on any atom is 0.191 e. The number of piperazine rings is 3. The Morgan fingerprint density at radius 2 is 1.96 bits per heavy atom. The Bertz CT molecular complexity index is 550. The monoisotopic (exact) mass is 448 g/mol. The Morgan fingerprint density at radius 3 is 2.50 bits per heavy atom. The lowest BCUT2D eigenvalue weighted by Crippen LogP contribution is -2.63. The van der Waals surface area contributed by atoms with Crippen LogP contribution in [-0.4, -0.2) is 82.4 Å². The first kappa shape index (κ1) is 19.4. The number of halogens is 1. The first-order valence-corrected chi connectivity index (χ1v) is 8.51. The van der Waals surface area contributed by atoms with Crippen LogP contribution in [0.5, 0.6) is 0 Å². The summed E-state index contributed by atoms with van der Waals surface area (Å²) >= 11 is 0. The lowest BCUT2D eigenvalue weighted by Gasteiger charge is -2.47. The minimum Gasteiger partial charge on any atom is -0.357 e. The number of rotatable bonds is 5. The topological polar surface area (TPSA) is 73.6 Å².